The molecule has 0 aliphatic carbocycles. The first-order chi connectivity index (χ1) is 28.6. The van der Waals surface area contributed by atoms with Crippen molar-refractivity contribution in [2.24, 2.45) is 51.4 Å². The van der Waals surface area contributed by atoms with Crippen LogP contribution in [0.2, 0.25) is 0 Å². The average molecular weight is 889 g/mol. The van der Waals surface area contributed by atoms with E-state index in [1.165, 1.54) is 0 Å². The molecule has 0 unspecified atom stereocenters. The molecule has 0 radical (unpaired) electrons. The van der Waals surface area contributed by atoms with Gasteiger partial charge in [0, 0.05) is 6.54 Å². The number of amides is 8. The Hall–Kier alpha value is -5.50. The third-order valence-corrected chi connectivity index (χ3v) is 9.71. The molecule has 25 heteroatoms. The fraction of sp³-hybridized carbons (Fsp3) is 0.730. The van der Waals surface area contributed by atoms with Crippen molar-refractivity contribution in [2.45, 2.75) is 142 Å². The summed E-state index contributed by atoms with van der Waals surface area (Å²) < 4.78 is 0. The van der Waals surface area contributed by atoms with Crippen LogP contribution in [0.5, 0.6) is 0 Å². The number of carboxylic acid groups (broad SMARTS) is 1. The number of nitrogens with one attached hydrogen (secondary N) is 5. The summed E-state index contributed by atoms with van der Waals surface area (Å²) >= 11 is 0. The Balaban J connectivity index is 6.47. The van der Waals surface area contributed by atoms with Gasteiger partial charge in [0.2, 0.25) is 47.3 Å². The van der Waals surface area contributed by atoms with Crippen LogP contribution in [-0.2, 0) is 43.2 Å². The number of rotatable bonds is 27. The number of aliphatic hydroxyl groups is 3. The number of carboxylic acids is 1. The van der Waals surface area contributed by atoms with Crippen molar-refractivity contribution in [2.75, 3.05) is 13.1 Å². The Morgan fingerprint density at radius 3 is 1.69 bits per heavy atom. The molecule has 0 aliphatic rings. The Morgan fingerprint density at radius 1 is 0.694 bits per heavy atom. The van der Waals surface area contributed by atoms with Crippen molar-refractivity contribution in [3.8, 4) is 0 Å². The Morgan fingerprint density at radius 2 is 1.23 bits per heavy atom. The Bertz CT molecular complexity index is 1610. The number of hydrogen-bond acceptors (Lipinski definition) is 15. The topological polar surface area (TPSA) is 440 Å². The first-order valence-corrected chi connectivity index (χ1v) is 20.1. The zero-order valence-corrected chi connectivity index (χ0v) is 36.5. The van der Waals surface area contributed by atoms with Gasteiger partial charge in [-0.2, -0.15) is 0 Å². The van der Waals surface area contributed by atoms with E-state index < -0.39 is 126 Å². The van der Waals surface area contributed by atoms with E-state index in [2.05, 4.69) is 31.6 Å². The molecule has 0 aliphatic heterocycles. The van der Waals surface area contributed by atoms with E-state index in [-0.39, 0.29) is 54.9 Å². The third kappa shape index (κ3) is 18.2. The van der Waals surface area contributed by atoms with Gasteiger partial charge in [-0.3, -0.25) is 48.2 Å². The fourth-order valence-electron chi connectivity index (χ4n) is 5.66. The molecular formula is C37H68N12O13. The molecule has 0 saturated carbocycles. The highest BCUT2D eigenvalue weighted by molar-refractivity contribution is 6.05. The van der Waals surface area contributed by atoms with E-state index >= 15 is 0 Å². The molecule has 0 rings (SSSR count). The molecule has 354 valence electrons. The van der Waals surface area contributed by atoms with E-state index in [4.69, 9.17) is 28.7 Å². The highest BCUT2D eigenvalue weighted by Gasteiger charge is 2.40. The van der Waals surface area contributed by atoms with E-state index in [1.807, 2.05) is 0 Å². The quantitative estimate of drug-likeness (QED) is 0.0207. The van der Waals surface area contributed by atoms with Crippen LogP contribution in [0.3, 0.4) is 0 Å². The maximum absolute atomic E-state index is 13.9. The van der Waals surface area contributed by atoms with E-state index in [0.717, 1.165) is 13.8 Å². The number of primary amides is 1. The third-order valence-electron chi connectivity index (χ3n) is 9.71. The highest BCUT2D eigenvalue weighted by atomic mass is 16.4. The monoisotopic (exact) mass is 889 g/mol. The number of imide groups is 1. The van der Waals surface area contributed by atoms with Crippen LogP contribution in [0.1, 0.15) is 81.1 Å². The molecule has 0 aromatic carbocycles. The summed E-state index contributed by atoms with van der Waals surface area (Å²) in [6.45, 7) is 11.1. The molecule has 0 spiro atoms. The van der Waals surface area contributed by atoms with Crippen LogP contribution in [0, 0.1) is 17.8 Å². The summed E-state index contributed by atoms with van der Waals surface area (Å²) in [5.41, 5.74) is 27.3. The Labute approximate surface area is 360 Å². The lowest BCUT2D eigenvalue weighted by molar-refractivity contribution is -0.159. The minimum Gasteiger partial charge on any atom is -0.480 e. The minimum absolute atomic E-state index is 0.0440. The van der Waals surface area contributed by atoms with E-state index in [1.54, 1.807) is 41.5 Å². The largest absolute Gasteiger partial charge is 0.480 e. The van der Waals surface area contributed by atoms with Crippen LogP contribution >= 0.6 is 0 Å². The SMILES string of the molecule is CC[C@H](C)[C@H](NC(=O)[C@@H](CCCN=C(N)N)NC(=O)[C@H](CC(C)C)NC(=O)[C@@H](N)[C@H](O)C(C)C)C(=O)N[C@H](C(=O)NCC(=O)N(C(=O)[C@@H](N)[C@H](O)C(N)=O)[C@@H](C)C(=O)O)[C@H](C)O. The lowest BCUT2D eigenvalue weighted by Crippen LogP contribution is -2.62. The van der Waals surface area contributed by atoms with Crippen LogP contribution in [-0.4, -0.2) is 158 Å². The zero-order valence-electron chi connectivity index (χ0n) is 36.5. The standard InChI is InChI=1S/C37H68N12O13/c1-9-17(6)25(34(59)48-26(19(8)50)33(58)44-14-22(51)49(18(7)36(61)62)35(60)24(39)28(53)29(40)54)47-30(55)20(11-10-12-43-37(41)42)45-31(56)21(13-15(2)3)46-32(57)23(38)27(52)16(4)5/h15-21,23-28,50,52-53H,9-14,38-39H2,1-8H3,(H2,40,54)(H,44,58)(H,45,56)(H,46,57)(H,47,55)(H,48,59)(H,61,62)(H4,41,42,43)/t17-,18-,19-,20+,21-,23-,24-,25-,26-,27+,28-/m0/s1. The van der Waals surface area contributed by atoms with Crippen molar-refractivity contribution in [1.82, 2.24) is 31.5 Å². The van der Waals surface area contributed by atoms with Gasteiger partial charge in [0.25, 0.3) is 0 Å². The van der Waals surface area contributed by atoms with E-state index in [9.17, 15) is 63.6 Å². The number of nitrogens with zero attached hydrogens (tertiary/aromatic N) is 2. The van der Waals surface area contributed by atoms with Gasteiger partial charge in [0.05, 0.1) is 18.8 Å². The smallest absolute Gasteiger partial charge is 0.326 e. The second kappa shape index (κ2) is 26.8. The average Bonchev–Trinajstić information content (AvgIpc) is 3.19. The lowest BCUT2D eigenvalue weighted by Gasteiger charge is -2.30. The molecule has 19 N–H and O–H groups in total. The number of aliphatic hydroxyl groups excluding tert-OH is 3. The summed E-state index contributed by atoms with van der Waals surface area (Å²) in [6, 6.07) is -11.2. The van der Waals surface area contributed by atoms with Crippen molar-refractivity contribution >= 4 is 59.2 Å². The molecule has 0 heterocycles. The second-order valence-corrected chi connectivity index (χ2v) is 15.8. The lowest BCUT2D eigenvalue weighted by atomic mass is 9.96. The number of nitrogens with two attached hydrogens (primary N) is 5. The zero-order chi connectivity index (χ0) is 48.3. The van der Waals surface area contributed by atoms with Gasteiger partial charge in [-0.15, -0.1) is 0 Å². The van der Waals surface area contributed by atoms with Crippen molar-refractivity contribution in [1.29, 1.82) is 0 Å². The van der Waals surface area contributed by atoms with Crippen LogP contribution in [0.4, 0.5) is 0 Å². The molecule has 25 nitrogen and oxygen atoms in total. The highest BCUT2D eigenvalue weighted by Crippen LogP contribution is 2.13. The van der Waals surface area contributed by atoms with Crippen molar-refractivity contribution in [3.05, 3.63) is 0 Å². The summed E-state index contributed by atoms with van der Waals surface area (Å²) in [5.74, 6) is -12.1. The minimum atomic E-state index is -2.30. The van der Waals surface area contributed by atoms with Crippen molar-refractivity contribution < 1.29 is 63.6 Å². The van der Waals surface area contributed by atoms with Gasteiger partial charge in [0.15, 0.2) is 12.1 Å². The summed E-state index contributed by atoms with van der Waals surface area (Å²) in [4.78, 5) is 121. The number of aliphatic imine (C=N–C) groups is 1. The van der Waals surface area contributed by atoms with Gasteiger partial charge in [-0.05, 0) is 50.9 Å². The van der Waals surface area contributed by atoms with Crippen molar-refractivity contribution in [3.63, 3.8) is 0 Å². The molecule has 8 amide bonds. The number of carbonyl (C=O) groups excluding carboxylic acids is 8. The van der Waals surface area contributed by atoms with Gasteiger partial charge >= 0.3 is 5.97 Å². The van der Waals surface area contributed by atoms with Crippen LogP contribution in [0.15, 0.2) is 4.99 Å². The second-order valence-electron chi connectivity index (χ2n) is 15.8. The number of hydrogen-bond donors (Lipinski definition) is 14. The van der Waals surface area contributed by atoms with Crippen LogP contribution in [0.25, 0.3) is 0 Å². The van der Waals surface area contributed by atoms with Gasteiger partial charge in [-0.25, -0.2) is 4.79 Å². The summed E-state index contributed by atoms with van der Waals surface area (Å²) in [7, 11) is 0. The van der Waals surface area contributed by atoms with E-state index in [0.29, 0.717) is 0 Å². The number of aliphatic carboxylic acids is 1. The fourth-order valence-corrected chi connectivity index (χ4v) is 5.66. The molecule has 0 fully saturated rings. The normalized spacial score (nSPS) is 16.6. The van der Waals surface area contributed by atoms with Gasteiger partial charge < -0.3 is 75.7 Å². The summed E-state index contributed by atoms with van der Waals surface area (Å²) in [5, 5.41) is 52.3. The molecular weight excluding hydrogens is 820 g/mol. The maximum atomic E-state index is 13.9. The van der Waals surface area contributed by atoms with Gasteiger partial charge in [0.1, 0.15) is 42.3 Å². The number of guanidine groups is 1. The molecule has 11 atom stereocenters. The Kier molecular flexibility index (Phi) is 24.4. The first-order valence-electron chi connectivity index (χ1n) is 20.1. The number of carbonyl (C=O) groups is 9. The van der Waals surface area contributed by atoms with Gasteiger partial charge in [-0.1, -0.05) is 48.0 Å². The first kappa shape index (κ1) is 56.5. The summed E-state index contributed by atoms with van der Waals surface area (Å²) in [6.07, 6.45) is -4.71. The molecule has 62 heavy (non-hydrogen) atoms. The predicted molar refractivity (Wildman–Crippen MR) is 222 cm³/mol. The van der Waals surface area contributed by atoms with Crippen LogP contribution < -0.4 is 55.3 Å². The predicted octanol–water partition coefficient (Wildman–Crippen LogP) is -6.09. The molecule has 0 saturated heterocycles. The molecule has 0 bridgehead atoms. The molecule has 0 aromatic heterocycles. The maximum Gasteiger partial charge on any atom is 0.326 e. The molecule has 0 aromatic rings.